The Bertz CT molecular complexity index is 8400. The molecule has 0 nitrogen and oxygen atoms in total. The molecule has 0 aromatic carbocycles. The highest BCUT2D eigenvalue weighted by molar-refractivity contribution is 5.58. The van der Waals surface area contributed by atoms with Crippen molar-refractivity contribution in [2.75, 3.05) is 0 Å². The van der Waals surface area contributed by atoms with Crippen LogP contribution in [0.1, 0.15) is 0 Å². The van der Waals surface area contributed by atoms with Crippen LogP contribution < -0.4 is 0 Å². The molecule has 0 spiro atoms. The summed E-state index contributed by atoms with van der Waals surface area (Å²) < 4.78 is 0. The fourth-order valence-electron chi connectivity index (χ4n) is 3.81. The second kappa shape index (κ2) is 97.3. The van der Waals surface area contributed by atoms with Crippen LogP contribution in [0, 0.1) is 747 Å². The van der Waals surface area contributed by atoms with Gasteiger partial charge in [-0.2, -0.15) is 0 Å². The first-order valence-corrected chi connectivity index (χ1v) is 31.2. The molecule has 0 aromatic heterocycles. The minimum absolute atomic E-state index is 1.87. The molecule has 0 radical (unpaired) electrons. The molecule has 0 saturated carbocycles. The Morgan fingerprint density at radius 2 is 0.0635 bits per heavy atom. The average molecular weight is 1510 g/mol. The van der Waals surface area contributed by atoms with Crippen molar-refractivity contribution in [1.29, 1.82) is 0 Å². The van der Waals surface area contributed by atoms with Gasteiger partial charge in [0.15, 0.2) is 0 Å². The van der Waals surface area contributed by atoms with Crippen molar-refractivity contribution in [2.45, 2.75) is 0 Å². The van der Waals surface area contributed by atoms with Crippen LogP contribution in [0.25, 0.3) is 0 Å². The second-order valence-electron chi connectivity index (χ2n) is 15.5. The molecular weight excluding hydrogens is 1510 g/mol. The van der Waals surface area contributed by atoms with E-state index in [1.807, 2.05) is 11.8 Å². The van der Waals surface area contributed by atoms with Crippen LogP contribution in [-0.4, -0.2) is 0 Å². The highest BCUT2D eigenvalue weighted by Gasteiger charge is 1.69. The maximum absolute atomic E-state index is 6.59. The molecule has 0 amide bonds. The van der Waals surface area contributed by atoms with E-state index in [9.17, 15) is 0 Å². The summed E-state index contributed by atoms with van der Waals surface area (Å²) in [6.45, 7) is 0. The summed E-state index contributed by atoms with van der Waals surface area (Å²) in [5.74, 6) is 307. The molecular formula is C126-2. The molecule has 0 N–H and O–H groups in total. The van der Waals surface area contributed by atoms with Crippen LogP contribution in [-0.2, 0) is 0 Å². The first-order valence-electron chi connectivity index (χ1n) is 31.2. The predicted molar refractivity (Wildman–Crippen MR) is 489 cm³/mol. The van der Waals surface area contributed by atoms with E-state index < -0.39 is 0 Å². The van der Waals surface area contributed by atoms with E-state index in [1.165, 1.54) is 0 Å². The highest BCUT2D eigenvalue weighted by Crippen LogP contribution is 1.70. The summed E-state index contributed by atoms with van der Waals surface area (Å²) in [6, 6.07) is 0. The molecule has 0 rings (SSSR count). The van der Waals surface area contributed by atoms with Gasteiger partial charge in [-0.25, -0.2) is 11.8 Å². The van der Waals surface area contributed by atoms with Crippen LogP contribution in [0.3, 0.4) is 0 Å². The molecule has 0 bridgehead atoms. The van der Waals surface area contributed by atoms with Gasteiger partial charge < -0.3 is 12.8 Å². The Kier molecular flexibility index (Phi) is 75.9. The molecule has 0 heterocycles. The van der Waals surface area contributed by atoms with Gasteiger partial charge in [0.25, 0.3) is 0 Å². The summed E-state index contributed by atoms with van der Waals surface area (Å²) in [5, 5.41) is 0. The lowest BCUT2D eigenvalue weighted by Crippen LogP contribution is -1.57. The summed E-state index contributed by atoms with van der Waals surface area (Å²) >= 11 is 0. The standard InChI is InChI=1S/C126/c1-3-5-7-9-11-13-15-17-19-21-23-25-27-29-31-33-35-37-39-41-43-45-47-49-51-53-55-57-59-61-63-65-67-69-71-73-75-77-79-81-83-85-87-89-91-93-95-97-99-101-103-105-107-109-111-113-115-117-119-121-123-125-126-124-122-120-118-116-114-112-110-108-106-104-102-100-98-96-94-92-90-88-86-84-82-80-78-76-74-72-70-68-66-64-62-60-58-56-54-52-50-48-46-44-42-40-38-36-34-32-30-28-26-24-22-20-18-16-14-12-10-8-6-4-2/q-2. The van der Waals surface area contributed by atoms with Gasteiger partial charge in [-0.1, -0.05) is 0 Å². The number of rotatable bonds is 0. The lowest BCUT2D eigenvalue weighted by molar-refractivity contribution is 2.31. The van der Waals surface area contributed by atoms with E-state index in [4.69, 9.17) is 12.8 Å². The molecule has 0 saturated heterocycles. The molecule has 0 heteroatoms. The Balaban J connectivity index is 4.65. The van der Waals surface area contributed by atoms with Gasteiger partial charge in [-0.05, 0) is 94.7 Å². The van der Waals surface area contributed by atoms with E-state index in [0.29, 0.717) is 0 Å². The van der Waals surface area contributed by atoms with Gasteiger partial charge in [0.05, 0.1) is 0 Å². The average Bonchev–Trinajstić information content (AvgIpc) is 1.24. The third-order valence-electron chi connectivity index (χ3n) is 7.69. The molecule has 0 aliphatic carbocycles. The van der Waals surface area contributed by atoms with Crippen molar-refractivity contribution >= 4 is 0 Å². The van der Waals surface area contributed by atoms with E-state index in [0.717, 1.165) is 0 Å². The highest BCUT2D eigenvalue weighted by atomic mass is 13.7. The van der Waals surface area contributed by atoms with Crippen molar-refractivity contribution in [2.24, 2.45) is 0 Å². The van der Waals surface area contributed by atoms with Crippen molar-refractivity contribution < 1.29 is 0 Å². The molecule has 126 heavy (non-hydrogen) atoms. The molecule has 0 fully saturated rings. The monoisotopic (exact) mass is 1510 g/mol. The van der Waals surface area contributed by atoms with Crippen molar-refractivity contribution in [3.63, 3.8) is 0 Å². The van der Waals surface area contributed by atoms with Gasteiger partial charge in [-0.3, -0.25) is 11.8 Å². The van der Waals surface area contributed by atoms with Gasteiger partial charge in [0.1, 0.15) is 0 Å². The largest absolute Gasteiger partial charge is 0.358 e. The Hall–Kier alpha value is -27.7. The van der Waals surface area contributed by atoms with Gasteiger partial charge >= 0.3 is 0 Å². The molecule has 0 aliphatic heterocycles. The third-order valence-corrected chi connectivity index (χ3v) is 7.69. The summed E-state index contributed by atoms with van der Waals surface area (Å²) in [5.41, 5.74) is 0. The van der Waals surface area contributed by atoms with Crippen LogP contribution in [0.5, 0.6) is 0 Å². The van der Waals surface area contributed by atoms with Crippen LogP contribution >= 0.6 is 0 Å². The van der Waals surface area contributed by atoms with Crippen LogP contribution in [0.2, 0.25) is 0 Å². The maximum atomic E-state index is 6.59. The Morgan fingerprint density at radius 1 is 0.0397 bits per heavy atom. The quantitative estimate of drug-likeness (QED) is 0.244. The summed E-state index contributed by atoms with van der Waals surface area (Å²) in [6.07, 6.45) is 13.2. The zero-order valence-corrected chi connectivity index (χ0v) is 63.0. The van der Waals surface area contributed by atoms with E-state index in [1.54, 1.807) is 0 Å². The topological polar surface area (TPSA) is 0 Å². The summed E-state index contributed by atoms with van der Waals surface area (Å²) in [7, 11) is 0. The van der Waals surface area contributed by atoms with Crippen molar-refractivity contribution in [1.82, 2.24) is 0 Å². The molecule has 0 atom stereocenters. The molecule has 0 aliphatic rings. The fourth-order valence-corrected chi connectivity index (χ4v) is 3.81. The molecule has 0 unspecified atom stereocenters. The van der Waals surface area contributed by atoms with Crippen molar-refractivity contribution in [3.05, 3.63) is 12.8 Å². The second-order valence-corrected chi connectivity index (χ2v) is 15.5. The first-order chi connectivity index (χ1) is 62.9. The lowest BCUT2D eigenvalue weighted by atomic mass is 10.4. The van der Waals surface area contributed by atoms with E-state index >= 15 is 0 Å². The minimum Gasteiger partial charge on any atom is -0.358 e. The SMILES string of the molecule is [C-]#CC#CC#CC#CC#CC#CC#CC#CC#CC#CC#CC#CC#CC#CC#CC#CC#CC#CC#CC#CC#CC#CC#CC#CC#CC#CC#CC#CC#CC#CC#CC#CC#CC#CC#CC#CC#CC#CC#CC#CC#CC#CC#CC#CC#CC#CC#CC#CC#CC#CC#CC#CC#CC#CC#CC#CC#CC#CC#CC#CC#CC#CC#[C-]. The van der Waals surface area contributed by atoms with Gasteiger partial charge in [0.2, 0.25) is 0 Å². The lowest BCUT2D eigenvalue weighted by Gasteiger charge is -1.63. The predicted octanol–water partition coefficient (Wildman–Crippen LogP) is 0.373. The van der Waals surface area contributed by atoms with E-state index in [2.05, 4.69) is 722 Å². The minimum atomic E-state index is 1.87. The van der Waals surface area contributed by atoms with Crippen LogP contribution in [0.15, 0.2) is 0 Å². The Morgan fingerprint density at radius 3 is 0.0873 bits per heavy atom. The van der Waals surface area contributed by atoms with Crippen LogP contribution in [0.4, 0.5) is 0 Å². The van der Waals surface area contributed by atoms with Crippen molar-refractivity contribution in [3.8, 4) is 734 Å². The number of hydrogen-bond donors (Lipinski definition) is 0. The third kappa shape index (κ3) is 96.3. The summed E-state index contributed by atoms with van der Waals surface area (Å²) in [4.78, 5) is 0. The first kappa shape index (κ1) is 98.3. The maximum Gasteiger partial charge on any atom is 0 e. The molecule has 0 aromatic rings. The van der Waals surface area contributed by atoms with Gasteiger partial charge in [-0.15, -0.1) is 11.8 Å². The zero-order chi connectivity index (χ0) is 89.7. The zero-order valence-electron chi connectivity index (χ0n) is 63.0. The smallest absolute Gasteiger partial charge is 0 e. The van der Waals surface area contributed by atoms with E-state index in [-0.39, 0.29) is 0 Å². The van der Waals surface area contributed by atoms with Gasteiger partial charge in [0, 0.05) is 604 Å². The Labute approximate surface area is 741 Å². The molecule has 506 valence electrons. The fraction of sp³-hybridized carbons (Fsp3) is 0. The normalized spacial score (nSPS) is 3.95. The number of hydrogen-bond acceptors (Lipinski definition) is 0.